The predicted molar refractivity (Wildman–Crippen MR) is 75.9 cm³/mol. The molecule has 0 saturated heterocycles. The van der Waals surface area contributed by atoms with Crippen LogP contribution in [0.5, 0.6) is 5.75 Å². The summed E-state index contributed by atoms with van der Waals surface area (Å²) in [5.41, 5.74) is 1.23. The van der Waals surface area contributed by atoms with Crippen LogP contribution in [-0.4, -0.2) is 17.6 Å². The number of nitrogens with one attached hydrogen (secondary N) is 1. The van der Waals surface area contributed by atoms with Crippen LogP contribution in [0.2, 0.25) is 0 Å². The molecule has 18 heavy (non-hydrogen) atoms. The molecule has 0 aliphatic heterocycles. The van der Waals surface area contributed by atoms with Gasteiger partial charge in [0.2, 0.25) is 0 Å². The zero-order valence-electron chi connectivity index (χ0n) is 12.1. The Morgan fingerprint density at radius 1 is 1.28 bits per heavy atom. The molecule has 0 saturated carbocycles. The van der Waals surface area contributed by atoms with E-state index in [9.17, 15) is 0 Å². The van der Waals surface area contributed by atoms with Gasteiger partial charge in [0.05, 0.1) is 12.8 Å². The number of aromatic nitrogens is 1. The fourth-order valence-corrected chi connectivity index (χ4v) is 2.03. The van der Waals surface area contributed by atoms with Gasteiger partial charge >= 0.3 is 0 Å². The Bertz CT molecular complexity index is 339. The number of hydrogen-bond donors (Lipinski definition) is 1. The van der Waals surface area contributed by atoms with Crippen molar-refractivity contribution in [2.45, 2.75) is 59.0 Å². The van der Waals surface area contributed by atoms with E-state index in [1.807, 2.05) is 13.1 Å². The zero-order valence-corrected chi connectivity index (χ0v) is 12.1. The molecule has 3 heteroatoms. The molecule has 0 bridgehead atoms. The summed E-state index contributed by atoms with van der Waals surface area (Å²) in [5, 5.41) is 3.60. The summed E-state index contributed by atoms with van der Waals surface area (Å²) in [6.07, 6.45) is 7.31. The Balaban J connectivity index is 2.78. The Morgan fingerprint density at radius 3 is 2.67 bits per heavy atom. The van der Waals surface area contributed by atoms with Gasteiger partial charge in [-0.05, 0) is 25.0 Å². The monoisotopic (exact) mass is 250 g/mol. The molecular weight excluding hydrogens is 224 g/mol. The summed E-state index contributed by atoms with van der Waals surface area (Å²) >= 11 is 0. The standard InChI is InChI=1S/C15H26N2O/c1-5-7-8-15(17-12(3)4)13-9-14(18-6-2)11-16-10-13/h9-12,15,17H,5-8H2,1-4H3. The molecule has 0 radical (unpaired) electrons. The molecular formula is C15H26N2O. The second kappa shape index (κ2) is 8.09. The van der Waals surface area contributed by atoms with E-state index in [0.717, 1.165) is 12.2 Å². The summed E-state index contributed by atoms with van der Waals surface area (Å²) < 4.78 is 5.52. The highest BCUT2D eigenvalue weighted by Crippen LogP contribution is 2.22. The molecule has 3 nitrogen and oxygen atoms in total. The lowest BCUT2D eigenvalue weighted by Crippen LogP contribution is -2.28. The van der Waals surface area contributed by atoms with Gasteiger partial charge in [0.1, 0.15) is 5.75 Å². The van der Waals surface area contributed by atoms with Gasteiger partial charge in [-0.2, -0.15) is 0 Å². The second-order valence-electron chi connectivity index (χ2n) is 4.90. The third-order valence-corrected chi connectivity index (χ3v) is 2.83. The Hall–Kier alpha value is -1.09. The minimum absolute atomic E-state index is 0.373. The first-order chi connectivity index (χ1) is 8.67. The molecule has 1 unspecified atom stereocenters. The first-order valence-corrected chi connectivity index (χ1v) is 7.01. The Morgan fingerprint density at radius 2 is 2.06 bits per heavy atom. The van der Waals surface area contributed by atoms with Crippen molar-refractivity contribution < 1.29 is 4.74 Å². The van der Waals surface area contributed by atoms with Gasteiger partial charge in [-0.15, -0.1) is 0 Å². The van der Waals surface area contributed by atoms with Crippen LogP contribution in [0, 0.1) is 0 Å². The predicted octanol–water partition coefficient (Wildman–Crippen LogP) is 3.71. The summed E-state index contributed by atoms with van der Waals surface area (Å²) in [6.45, 7) is 9.26. The number of nitrogens with zero attached hydrogens (tertiary/aromatic N) is 1. The maximum Gasteiger partial charge on any atom is 0.137 e. The highest BCUT2D eigenvalue weighted by Gasteiger charge is 2.13. The van der Waals surface area contributed by atoms with E-state index in [1.165, 1.54) is 18.4 Å². The van der Waals surface area contributed by atoms with Crippen LogP contribution >= 0.6 is 0 Å². The van der Waals surface area contributed by atoms with Crippen molar-refractivity contribution in [3.05, 3.63) is 24.0 Å². The lowest BCUT2D eigenvalue weighted by Gasteiger charge is -2.21. The number of unbranched alkanes of at least 4 members (excludes halogenated alkanes) is 1. The molecule has 1 aromatic rings. The maximum atomic E-state index is 5.52. The third-order valence-electron chi connectivity index (χ3n) is 2.83. The highest BCUT2D eigenvalue weighted by atomic mass is 16.5. The van der Waals surface area contributed by atoms with Crippen molar-refractivity contribution in [3.63, 3.8) is 0 Å². The van der Waals surface area contributed by atoms with E-state index < -0.39 is 0 Å². The van der Waals surface area contributed by atoms with Crippen molar-refractivity contribution in [2.75, 3.05) is 6.61 Å². The molecule has 1 rings (SSSR count). The van der Waals surface area contributed by atoms with Crippen LogP contribution in [0.4, 0.5) is 0 Å². The van der Waals surface area contributed by atoms with Gasteiger partial charge in [-0.25, -0.2) is 0 Å². The molecule has 0 aromatic carbocycles. The molecule has 1 heterocycles. The Labute approximate surface area is 111 Å². The van der Waals surface area contributed by atoms with E-state index in [0.29, 0.717) is 18.7 Å². The molecule has 1 aromatic heterocycles. The van der Waals surface area contributed by atoms with Crippen molar-refractivity contribution in [1.82, 2.24) is 10.3 Å². The van der Waals surface area contributed by atoms with E-state index in [4.69, 9.17) is 4.74 Å². The van der Waals surface area contributed by atoms with Gasteiger partial charge in [0.15, 0.2) is 0 Å². The lowest BCUT2D eigenvalue weighted by atomic mass is 10.0. The highest BCUT2D eigenvalue weighted by molar-refractivity contribution is 5.26. The zero-order chi connectivity index (χ0) is 13.4. The summed E-state index contributed by atoms with van der Waals surface area (Å²) in [6, 6.07) is 2.95. The van der Waals surface area contributed by atoms with E-state index in [-0.39, 0.29) is 0 Å². The molecule has 0 fully saturated rings. The summed E-state index contributed by atoms with van der Waals surface area (Å²) in [7, 11) is 0. The van der Waals surface area contributed by atoms with Gasteiger partial charge in [0, 0.05) is 18.3 Å². The van der Waals surface area contributed by atoms with Crippen LogP contribution in [-0.2, 0) is 0 Å². The van der Waals surface area contributed by atoms with Crippen LogP contribution in [0.1, 0.15) is 58.6 Å². The first-order valence-electron chi connectivity index (χ1n) is 7.01. The fourth-order valence-electron chi connectivity index (χ4n) is 2.03. The van der Waals surface area contributed by atoms with Crippen molar-refractivity contribution >= 4 is 0 Å². The van der Waals surface area contributed by atoms with Crippen LogP contribution in [0.15, 0.2) is 18.5 Å². The van der Waals surface area contributed by atoms with Crippen molar-refractivity contribution in [2.24, 2.45) is 0 Å². The topological polar surface area (TPSA) is 34.2 Å². The van der Waals surface area contributed by atoms with Crippen LogP contribution in [0.25, 0.3) is 0 Å². The Kier molecular flexibility index (Phi) is 6.73. The van der Waals surface area contributed by atoms with Crippen molar-refractivity contribution in [3.8, 4) is 5.75 Å². The summed E-state index contributed by atoms with van der Waals surface area (Å²) in [5.74, 6) is 0.863. The molecule has 1 N–H and O–H groups in total. The average Bonchev–Trinajstić information content (AvgIpc) is 2.35. The number of hydrogen-bond acceptors (Lipinski definition) is 3. The SMILES string of the molecule is CCCCC(NC(C)C)c1cncc(OCC)c1. The molecule has 102 valence electrons. The molecule has 0 aliphatic rings. The minimum Gasteiger partial charge on any atom is -0.492 e. The average molecular weight is 250 g/mol. The van der Waals surface area contributed by atoms with Crippen LogP contribution in [0.3, 0.4) is 0 Å². The minimum atomic E-state index is 0.373. The van der Waals surface area contributed by atoms with Gasteiger partial charge < -0.3 is 10.1 Å². The van der Waals surface area contributed by atoms with E-state index in [2.05, 4.69) is 37.1 Å². The molecule has 0 spiro atoms. The second-order valence-corrected chi connectivity index (χ2v) is 4.90. The van der Waals surface area contributed by atoms with Gasteiger partial charge in [-0.1, -0.05) is 33.6 Å². The third kappa shape index (κ3) is 5.05. The normalized spacial score (nSPS) is 12.7. The first kappa shape index (κ1) is 15.0. The van der Waals surface area contributed by atoms with E-state index >= 15 is 0 Å². The molecule has 0 aliphatic carbocycles. The molecule has 1 atom stereocenters. The largest absolute Gasteiger partial charge is 0.492 e. The van der Waals surface area contributed by atoms with Crippen LogP contribution < -0.4 is 10.1 Å². The van der Waals surface area contributed by atoms with Gasteiger partial charge in [0.25, 0.3) is 0 Å². The maximum absolute atomic E-state index is 5.52. The smallest absolute Gasteiger partial charge is 0.137 e. The molecule has 0 amide bonds. The van der Waals surface area contributed by atoms with Gasteiger partial charge in [-0.3, -0.25) is 4.98 Å². The quantitative estimate of drug-likeness (QED) is 0.763. The number of ether oxygens (including phenoxy) is 1. The fraction of sp³-hybridized carbons (Fsp3) is 0.667. The summed E-state index contributed by atoms with van der Waals surface area (Å²) in [4.78, 5) is 4.27. The number of rotatable bonds is 8. The lowest BCUT2D eigenvalue weighted by molar-refractivity contribution is 0.337. The van der Waals surface area contributed by atoms with E-state index in [1.54, 1.807) is 6.20 Å². The van der Waals surface area contributed by atoms with Crippen molar-refractivity contribution in [1.29, 1.82) is 0 Å². The number of pyridine rings is 1.